The predicted octanol–water partition coefficient (Wildman–Crippen LogP) is 2.04. The molecule has 0 aliphatic heterocycles. The highest BCUT2D eigenvalue weighted by molar-refractivity contribution is 6.74. The molecule has 3 heteroatoms. The number of hydrogen-bond donors (Lipinski definition) is 1. The zero-order valence-electron chi connectivity index (χ0n) is 8.23. The second-order valence-corrected chi connectivity index (χ2v) is 2.82. The number of H-pyrrole nitrogens is 1. The van der Waals surface area contributed by atoms with Crippen molar-refractivity contribution in [1.82, 2.24) is 4.98 Å². The van der Waals surface area contributed by atoms with Crippen LogP contribution in [0.15, 0.2) is 54.9 Å². The molecular formula is C12H11BFN. The summed E-state index contributed by atoms with van der Waals surface area (Å²) in [5.41, 5.74) is 0.546. The summed E-state index contributed by atoms with van der Waals surface area (Å²) in [7, 11) is 0. The highest BCUT2D eigenvalue weighted by atomic mass is 19.1. The monoisotopic (exact) mass is 199 g/mol. The van der Waals surface area contributed by atoms with Crippen LogP contribution in [0, 0.1) is 12.2 Å². The molecular weight excluding hydrogens is 188 g/mol. The van der Waals surface area contributed by atoms with E-state index in [2.05, 4.69) is 4.98 Å². The van der Waals surface area contributed by atoms with Crippen LogP contribution in [0.2, 0.25) is 0 Å². The van der Waals surface area contributed by atoms with Crippen LogP contribution in [-0.4, -0.2) is 12.0 Å². The van der Waals surface area contributed by atoms with Crippen molar-refractivity contribution < 1.29 is 4.32 Å². The van der Waals surface area contributed by atoms with Gasteiger partial charge in [0, 0.05) is 12.4 Å². The van der Waals surface area contributed by atoms with Gasteiger partial charge in [-0.05, 0) is 17.6 Å². The molecule has 1 N–H and O–H groups in total. The first-order valence-corrected chi connectivity index (χ1v) is 4.57. The van der Waals surface area contributed by atoms with Crippen LogP contribution in [0.4, 0.5) is 4.32 Å². The first kappa shape index (κ1) is 11.1. The van der Waals surface area contributed by atoms with Crippen molar-refractivity contribution in [2.24, 2.45) is 0 Å². The molecule has 2 rings (SSSR count). The van der Waals surface area contributed by atoms with Crippen LogP contribution in [0.25, 0.3) is 0 Å². The Morgan fingerprint density at radius 3 is 2.07 bits per heavy atom. The van der Waals surface area contributed by atoms with E-state index in [4.69, 9.17) is 6.42 Å². The van der Waals surface area contributed by atoms with E-state index in [0.717, 1.165) is 0 Å². The van der Waals surface area contributed by atoms with E-state index < -0.39 is 6.99 Å². The minimum absolute atomic E-state index is 0.546. The van der Waals surface area contributed by atoms with Gasteiger partial charge in [0.05, 0.1) is 0 Å². The molecule has 0 bridgehead atoms. The molecule has 15 heavy (non-hydrogen) atoms. The Balaban J connectivity index is 0.000000187. The lowest BCUT2D eigenvalue weighted by Gasteiger charge is -1.93. The summed E-state index contributed by atoms with van der Waals surface area (Å²) in [4.78, 5) is 2.86. The molecule has 74 valence electrons. The van der Waals surface area contributed by atoms with Gasteiger partial charge in [-0.15, -0.1) is 12.2 Å². The molecule has 0 aliphatic rings. The fraction of sp³-hybridized carbons (Fsp3) is 0. The number of rotatable bonds is 1. The average molecular weight is 199 g/mol. The van der Waals surface area contributed by atoms with Crippen molar-refractivity contribution in [3.05, 3.63) is 54.9 Å². The molecule has 0 fully saturated rings. The lowest BCUT2D eigenvalue weighted by atomic mass is 9.66. The Labute approximate surface area is 89.5 Å². The third-order valence-electron chi connectivity index (χ3n) is 1.73. The molecule has 1 aromatic carbocycles. The molecule has 0 saturated carbocycles. The van der Waals surface area contributed by atoms with E-state index in [1.54, 1.807) is 24.3 Å². The van der Waals surface area contributed by atoms with Crippen LogP contribution >= 0.6 is 0 Å². The van der Waals surface area contributed by atoms with E-state index in [-0.39, 0.29) is 0 Å². The summed E-state index contributed by atoms with van der Waals surface area (Å²) < 4.78 is 12.6. The van der Waals surface area contributed by atoms with Crippen molar-refractivity contribution in [3.8, 4) is 12.2 Å². The third-order valence-corrected chi connectivity index (χ3v) is 1.73. The molecule has 0 amide bonds. The third kappa shape index (κ3) is 4.19. The minimum atomic E-state index is -1.26. The summed E-state index contributed by atoms with van der Waals surface area (Å²) in [5, 5.41) is 0. The maximum Gasteiger partial charge on any atom is 0.462 e. The lowest BCUT2D eigenvalue weighted by molar-refractivity contribution is 0.867. The zero-order valence-corrected chi connectivity index (χ0v) is 8.23. The highest BCUT2D eigenvalue weighted by Crippen LogP contribution is 1.87. The van der Waals surface area contributed by atoms with E-state index in [1.165, 1.54) is 0 Å². The van der Waals surface area contributed by atoms with Gasteiger partial charge in [0.2, 0.25) is 0 Å². The number of nitrogens with one attached hydrogen (secondary N) is 1. The Morgan fingerprint density at radius 1 is 1.07 bits per heavy atom. The fourth-order valence-corrected chi connectivity index (χ4v) is 0.996. The Kier molecular flexibility index (Phi) is 4.82. The Bertz CT molecular complexity index is 374. The van der Waals surface area contributed by atoms with Gasteiger partial charge in [-0.1, -0.05) is 30.3 Å². The van der Waals surface area contributed by atoms with Gasteiger partial charge in [0.15, 0.2) is 0 Å². The second-order valence-electron chi connectivity index (χ2n) is 2.82. The molecule has 1 nitrogen and oxygen atoms in total. The molecule has 0 atom stereocenters. The van der Waals surface area contributed by atoms with Gasteiger partial charge in [-0.2, -0.15) is 0 Å². The van der Waals surface area contributed by atoms with Crippen molar-refractivity contribution >= 4 is 12.5 Å². The quantitative estimate of drug-likeness (QED) is 0.534. The Hall–Kier alpha value is -1.95. The molecule has 1 heterocycles. The maximum absolute atomic E-state index is 12.6. The van der Waals surface area contributed by atoms with E-state index in [1.807, 2.05) is 36.4 Å². The summed E-state index contributed by atoms with van der Waals surface area (Å²) in [6.45, 7) is -1.26. The van der Waals surface area contributed by atoms with E-state index in [0.29, 0.717) is 5.46 Å². The molecule has 1 aromatic heterocycles. The number of terminal acetylenes is 1. The largest absolute Gasteiger partial charge is 0.462 e. The number of aromatic amines is 1. The van der Waals surface area contributed by atoms with Gasteiger partial charge < -0.3 is 9.30 Å². The highest BCUT2D eigenvalue weighted by Gasteiger charge is 2.10. The number of hydrogen-bond acceptors (Lipinski definition) is 0. The molecule has 0 aliphatic carbocycles. The SMILES string of the molecule is C#CB(F)c1ccccc1.c1cc[nH]c1. The van der Waals surface area contributed by atoms with Crippen LogP contribution < -0.4 is 5.46 Å². The number of halogens is 1. The van der Waals surface area contributed by atoms with Crippen LogP contribution in [0.1, 0.15) is 0 Å². The van der Waals surface area contributed by atoms with Gasteiger partial charge in [0.1, 0.15) is 0 Å². The standard InChI is InChI=1S/C8H6BF.C4H5N/c1-2-9(10)8-6-4-3-5-7-8;1-2-4-5-3-1/h1,3-7H;1-5H. The summed E-state index contributed by atoms with van der Waals surface area (Å²) in [6.07, 6.45) is 8.63. The van der Waals surface area contributed by atoms with Gasteiger partial charge in [0.25, 0.3) is 0 Å². The normalized spacial score (nSPS) is 8.27. The summed E-state index contributed by atoms with van der Waals surface area (Å²) >= 11 is 0. The lowest BCUT2D eigenvalue weighted by Crippen LogP contribution is -2.22. The van der Waals surface area contributed by atoms with Crippen molar-refractivity contribution in [3.63, 3.8) is 0 Å². The molecule has 0 radical (unpaired) electrons. The van der Waals surface area contributed by atoms with Crippen molar-refractivity contribution in [1.29, 1.82) is 0 Å². The van der Waals surface area contributed by atoms with Crippen molar-refractivity contribution in [2.75, 3.05) is 0 Å². The molecule has 0 unspecified atom stereocenters. The fourth-order valence-electron chi connectivity index (χ4n) is 0.996. The number of aromatic nitrogens is 1. The van der Waals surface area contributed by atoms with Crippen LogP contribution in [0.3, 0.4) is 0 Å². The first-order valence-electron chi connectivity index (χ1n) is 4.57. The average Bonchev–Trinajstić information content (AvgIpc) is 2.88. The summed E-state index contributed by atoms with van der Waals surface area (Å²) in [6, 6.07) is 12.6. The number of benzene rings is 1. The molecule has 2 aromatic rings. The first-order chi connectivity index (χ1) is 7.34. The van der Waals surface area contributed by atoms with Gasteiger partial charge in [-0.3, -0.25) is 0 Å². The molecule has 0 spiro atoms. The van der Waals surface area contributed by atoms with Crippen molar-refractivity contribution in [2.45, 2.75) is 0 Å². The molecule has 0 saturated heterocycles. The minimum Gasteiger partial charge on any atom is -0.368 e. The van der Waals surface area contributed by atoms with Crippen LogP contribution in [-0.2, 0) is 0 Å². The zero-order chi connectivity index (χ0) is 10.9. The van der Waals surface area contributed by atoms with Crippen LogP contribution in [0.5, 0.6) is 0 Å². The van der Waals surface area contributed by atoms with Gasteiger partial charge >= 0.3 is 6.99 Å². The van der Waals surface area contributed by atoms with Gasteiger partial charge in [-0.25, -0.2) is 0 Å². The maximum atomic E-state index is 12.6. The van der Waals surface area contributed by atoms with E-state index in [9.17, 15) is 4.32 Å². The second kappa shape index (κ2) is 6.50. The smallest absolute Gasteiger partial charge is 0.368 e. The summed E-state index contributed by atoms with van der Waals surface area (Å²) in [5.74, 6) is 2.01. The predicted molar refractivity (Wildman–Crippen MR) is 62.6 cm³/mol. The van der Waals surface area contributed by atoms with E-state index >= 15 is 0 Å². The Morgan fingerprint density at radius 2 is 1.67 bits per heavy atom. The topological polar surface area (TPSA) is 15.8 Å².